The van der Waals surface area contributed by atoms with E-state index in [-0.39, 0.29) is 30.3 Å². The summed E-state index contributed by atoms with van der Waals surface area (Å²) in [5.41, 5.74) is 1.45. The minimum absolute atomic E-state index is 0.0152. The van der Waals surface area contributed by atoms with Crippen LogP contribution in [0.2, 0.25) is 0 Å². The van der Waals surface area contributed by atoms with Crippen LogP contribution in [0.4, 0.5) is 5.69 Å². The van der Waals surface area contributed by atoms with Crippen LogP contribution in [0.15, 0.2) is 24.3 Å². The van der Waals surface area contributed by atoms with Gasteiger partial charge in [-0.2, -0.15) is 0 Å². The molecule has 0 spiro atoms. The zero-order valence-corrected chi connectivity index (χ0v) is 15.6. The van der Waals surface area contributed by atoms with E-state index >= 15 is 0 Å². The summed E-state index contributed by atoms with van der Waals surface area (Å²) in [6.07, 6.45) is 1.12. The standard InChI is InChI=1S/C17H28N2O3S/c1-12(2)17(13(3)4)18-16(20)11-19(23(6,21)22)15-9-7-8-14(5)10-15/h7-10,12-13,17H,11H2,1-6H3,(H,18,20). The lowest BCUT2D eigenvalue weighted by Crippen LogP contribution is -2.47. The Morgan fingerprint density at radius 2 is 1.74 bits per heavy atom. The van der Waals surface area contributed by atoms with Crippen molar-refractivity contribution in [2.24, 2.45) is 11.8 Å². The van der Waals surface area contributed by atoms with Gasteiger partial charge >= 0.3 is 0 Å². The van der Waals surface area contributed by atoms with Gasteiger partial charge in [-0.05, 0) is 36.5 Å². The first kappa shape index (κ1) is 19.5. The second-order valence-electron chi connectivity index (χ2n) is 6.69. The fourth-order valence-corrected chi connectivity index (χ4v) is 3.50. The maximum Gasteiger partial charge on any atom is 0.241 e. The van der Waals surface area contributed by atoms with Gasteiger partial charge in [-0.25, -0.2) is 8.42 Å². The van der Waals surface area contributed by atoms with Gasteiger partial charge in [0.2, 0.25) is 15.9 Å². The maximum atomic E-state index is 12.4. The molecule has 23 heavy (non-hydrogen) atoms. The molecule has 0 heterocycles. The van der Waals surface area contributed by atoms with Crippen LogP contribution in [-0.4, -0.2) is 33.2 Å². The van der Waals surface area contributed by atoms with Crippen LogP contribution in [0.5, 0.6) is 0 Å². The molecule has 0 saturated heterocycles. The third kappa shape index (κ3) is 5.86. The SMILES string of the molecule is Cc1cccc(N(CC(=O)NC(C(C)C)C(C)C)S(C)(=O)=O)c1. The number of nitrogens with one attached hydrogen (secondary N) is 1. The molecular weight excluding hydrogens is 312 g/mol. The summed E-state index contributed by atoms with van der Waals surface area (Å²) < 4.78 is 25.3. The molecular formula is C17H28N2O3S. The average Bonchev–Trinajstić information content (AvgIpc) is 2.40. The van der Waals surface area contributed by atoms with Crippen molar-refractivity contribution in [2.75, 3.05) is 17.1 Å². The molecule has 1 rings (SSSR count). The van der Waals surface area contributed by atoms with E-state index in [1.54, 1.807) is 18.2 Å². The Morgan fingerprint density at radius 1 is 1.17 bits per heavy atom. The Hall–Kier alpha value is -1.56. The van der Waals surface area contributed by atoms with Crippen LogP contribution >= 0.6 is 0 Å². The summed E-state index contributed by atoms with van der Waals surface area (Å²) in [6.45, 7) is 9.84. The number of hydrogen-bond acceptors (Lipinski definition) is 3. The highest BCUT2D eigenvalue weighted by atomic mass is 32.2. The third-order valence-electron chi connectivity index (χ3n) is 3.74. The van der Waals surface area contributed by atoms with E-state index < -0.39 is 10.0 Å². The number of aryl methyl sites for hydroxylation is 1. The first-order chi connectivity index (χ1) is 10.5. The quantitative estimate of drug-likeness (QED) is 0.829. The van der Waals surface area contributed by atoms with Gasteiger partial charge in [0, 0.05) is 6.04 Å². The van der Waals surface area contributed by atoms with Gasteiger partial charge in [0.15, 0.2) is 0 Å². The summed E-state index contributed by atoms with van der Waals surface area (Å²) in [6, 6.07) is 7.14. The molecule has 1 aromatic rings. The predicted octanol–water partition coefficient (Wildman–Crippen LogP) is 2.56. The van der Waals surface area contributed by atoms with Crippen LogP contribution in [0.3, 0.4) is 0 Å². The van der Waals surface area contributed by atoms with Gasteiger partial charge in [-0.1, -0.05) is 39.8 Å². The van der Waals surface area contributed by atoms with E-state index in [1.165, 1.54) is 0 Å². The molecule has 0 radical (unpaired) electrons. The van der Waals surface area contributed by atoms with E-state index in [0.717, 1.165) is 16.1 Å². The van der Waals surface area contributed by atoms with Gasteiger partial charge in [-0.15, -0.1) is 0 Å². The first-order valence-electron chi connectivity index (χ1n) is 7.86. The molecule has 1 N–H and O–H groups in total. The van der Waals surface area contributed by atoms with E-state index in [1.807, 2.05) is 40.7 Å². The summed E-state index contributed by atoms with van der Waals surface area (Å²) in [7, 11) is -3.53. The molecule has 0 aliphatic carbocycles. The highest BCUT2D eigenvalue weighted by molar-refractivity contribution is 7.92. The third-order valence-corrected chi connectivity index (χ3v) is 4.88. The van der Waals surface area contributed by atoms with Crippen LogP contribution in [0.25, 0.3) is 0 Å². The topological polar surface area (TPSA) is 66.5 Å². The van der Waals surface area contributed by atoms with Crippen LogP contribution in [-0.2, 0) is 14.8 Å². The summed E-state index contributed by atoms with van der Waals surface area (Å²) in [4.78, 5) is 12.4. The number of hydrogen-bond donors (Lipinski definition) is 1. The van der Waals surface area contributed by atoms with Crippen molar-refractivity contribution in [3.05, 3.63) is 29.8 Å². The molecule has 0 aliphatic heterocycles. The van der Waals surface area contributed by atoms with Crippen LogP contribution < -0.4 is 9.62 Å². The molecule has 0 unspecified atom stereocenters. The Bertz CT molecular complexity index is 631. The Kier molecular flexibility index (Phi) is 6.62. The number of anilines is 1. The Labute approximate surface area is 140 Å². The lowest BCUT2D eigenvalue weighted by atomic mass is 9.93. The second-order valence-corrected chi connectivity index (χ2v) is 8.60. The smallest absolute Gasteiger partial charge is 0.241 e. The molecule has 0 fully saturated rings. The summed E-state index contributed by atoms with van der Waals surface area (Å²) >= 11 is 0. The van der Waals surface area contributed by atoms with Crippen molar-refractivity contribution < 1.29 is 13.2 Å². The van der Waals surface area contributed by atoms with Crippen molar-refractivity contribution in [3.8, 4) is 0 Å². The zero-order chi connectivity index (χ0) is 17.8. The minimum Gasteiger partial charge on any atom is -0.351 e. The molecule has 1 aromatic carbocycles. The van der Waals surface area contributed by atoms with Crippen molar-refractivity contribution in [3.63, 3.8) is 0 Å². The van der Waals surface area contributed by atoms with Crippen molar-refractivity contribution >= 4 is 21.6 Å². The monoisotopic (exact) mass is 340 g/mol. The highest BCUT2D eigenvalue weighted by Crippen LogP contribution is 2.19. The molecule has 6 heteroatoms. The molecule has 5 nitrogen and oxygen atoms in total. The highest BCUT2D eigenvalue weighted by Gasteiger charge is 2.24. The van der Waals surface area contributed by atoms with E-state index in [2.05, 4.69) is 5.32 Å². The molecule has 0 aliphatic rings. The van der Waals surface area contributed by atoms with Crippen LogP contribution in [0.1, 0.15) is 33.3 Å². The second kappa shape index (κ2) is 7.81. The number of nitrogens with zero attached hydrogens (tertiary/aromatic N) is 1. The van der Waals surface area contributed by atoms with Gasteiger partial charge in [0.1, 0.15) is 6.54 Å². The lowest BCUT2D eigenvalue weighted by Gasteiger charge is -2.28. The zero-order valence-electron chi connectivity index (χ0n) is 14.8. The molecule has 1 amide bonds. The molecule has 0 bridgehead atoms. The molecule has 0 aromatic heterocycles. The van der Waals surface area contributed by atoms with Crippen molar-refractivity contribution in [2.45, 2.75) is 40.7 Å². The fraction of sp³-hybridized carbons (Fsp3) is 0.588. The number of amides is 1. The molecule has 130 valence electrons. The summed E-state index contributed by atoms with van der Waals surface area (Å²) in [5.74, 6) is 0.276. The molecule has 0 atom stereocenters. The fourth-order valence-electron chi connectivity index (χ4n) is 2.65. The van der Waals surface area contributed by atoms with E-state index in [0.29, 0.717) is 5.69 Å². The number of rotatable bonds is 7. The Balaban J connectivity index is 2.97. The van der Waals surface area contributed by atoms with Crippen molar-refractivity contribution in [1.82, 2.24) is 5.32 Å². The Morgan fingerprint density at radius 3 is 2.17 bits per heavy atom. The van der Waals surface area contributed by atoms with Gasteiger partial charge in [-0.3, -0.25) is 9.10 Å². The largest absolute Gasteiger partial charge is 0.351 e. The number of benzene rings is 1. The minimum atomic E-state index is -3.53. The maximum absolute atomic E-state index is 12.4. The predicted molar refractivity (Wildman–Crippen MR) is 95.0 cm³/mol. The number of carbonyl (C=O) groups excluding carboxylic acids is 1. The average molecular weight is 340 g/mol. The van der Waals surface area contributed by atoms with E-state index in [9.17, 15) is 13.2 Å². The van der Waals surface area contributed by atoms with Crippen molar-refractivity contribution in [1.29, 1.82) is 0 Å². The van der Waals surface area contributed by atoms with Crippen LogP contribution in [0, 0.1) is 18.8 Å². The van der Waals surface area contributed by atoms with E-state index in [4.69, 9.17) is 0 Å². The van der Waals surface area contributed by atoms with Gasteiger partial charge < -0.3 is 5.32 Å². The lowest BCUT2D eigenvalue weighted by molar-refractivity contribution is -0.121. The number of sulfonamides is 1. The van der Waals surface area contributed by atoms with Gasteiger partial charge in [0.25, 0.3) is 0 Å². The summed E-state index contributed by atoms with van der Waals surface area (Å²) in [5, 5.41) is 2.96. The molecule has 0 saturated carbocycles. The number of carbonyl (C=O) groups is 1. The van der Waals surface area contributed by atoms with Gasteiger partial charge in [0.05, 0.1) is 11.9 Å². The normalized spacial score (nSPS) is 12.0. The first-order valence-corrected chi connectivity index (χ1v) is 9.71.